The summed E-state index contributed by atoms with van der Waals surface area (Å²) in [7, 11) is 1.42. The summed E-state index contributed by atoms with van der Waals surface area (Å²) in [5.41, 5.74) is 6.29. The first-order valence-corrected chi connectivity index (χ1v) is 10.3. The van der Waals surface area contributed by atoms with Gasteiger partial charge in [-0.3, -0.25) is 4.98 Å². The van der Waals surface area contributed by atoms with Gasteiger partial charge in [-0.15, -0.1) is 0 Å². The minimum atomic E-state index is -0.306. The topological polar surface area (TPSA) is 55.0 Å². The SMILES string of the molecule is COC(=O)c1ccc2c(C3CCCCC3)c(-c3ccc4ncccc4c3)[nH]c2c1. The first kappa shape index (κ1) is 17.9. The molecule has 0 radical (unpaired) electrons. The second kappa shape index (κ2) is 7.36. The van der Waals surface area contributed by atoms with E-state index < -0.39 is 0 Å². The Morgan fingerprint density at radius 3 is 2.76 bits per heavy atom. The average molecular weight is 384 g/mol. The van der Waals surface area contributed by atoms with Crippen LogP contribution in [0.15, 0.2) is 54.7 Å². The molecule has 2 heterocycles. The molecule has 2 aromatic carbocycles. The van der Waals surface area contributed by atoms with Gasteiger partial charge in [-0.1, -0.05) is 37.5 Å². The van der Waals surface area contributed by atoms with Gasteiger partial charge in [0.25, 0.3) is 0 Å². The van der Waals surface area contributed by atoms with E-state index in [9.17, 15) is 4.79 Å². The van der Waals surface area contributed by atoms with Gasteiger partial charge < -0.3 is 9.72 Å². The zero-order valence-electron chi connectivity index (χ0n) is 16.6. The molecule has 1 fully saturated rings. The molecule has 1 aliphatic carbocycles. The van der Waals surface area contributed by atoms with Gasteiger partial charge in [-0.05, 0) is 60.2 Å². The number of nitrogens with one attached hydrogen (secondary N) is 1. The predicted molar refractivity (Wildman–Crippen MR) is 116 cm³/mol. The molecule has 4 aromatic rings. The summed E-state index contributed by atoms with van der Waals surface area (Å²) < 4.78 is 4.91. The quantitative estimate of drug-likeness (QED) is 0.427. The van der Waals surface area contributed by atoms with E-state index in [0.717, 1.165) is 16.4 Å². The van der Waals surface area contributed by atoms with E-state index in [1.54, 1.807) is 0 Å². The summed E-state index contributed by atoms with van der Waals surface area (Å²) in [6.45, 7) is 0. The largest absolute Gasteiger partial charge is 0.465 e. The molecule has 146 valence electrons. The second-order valence-corrected chi connectivity index (χ2v) is 7.91. The van der Waals surface area contributed by atoms with Crippen LogP contribution in [0.25, 0.3) is 33.1 Å². The van der Waals surface area contributed by atoms with Crippen LogP contribution >= 0.6 is 0 Å². The summed E-state index contributed by atoms with van der Waals surface area (Å²) in [6.07, 6.45) is 8.13. The molecule has 0 unspecified atom stereocenters. The van der Waals surface area contributed by atoms with Crippen molar-refractivity contribution in [1.29, 1.82) is 0 Å². The van der Waals surface area contributed by atoms with Crippen molar-refractivity contribution in [2.45, 2.75) is 38.0 Å². The number of aromatic amines is 1. The molecule has 4 heteroatoms. The van der Waals surface area contributed by atoms with Crippen LogP contribution in [0.1, 0.15) is 53.9 Å². The van der Waals surface area contributed by atoms with Crippen LogP contribution in [0.5, 0.6) is 0 Å². The van der Waals surface area contributed by atoms with Crippen molar-refractivity contribution < 1.29 is 9.53 Å². The lowest BCUT2D eigenvalue weighted by Crippen LogP contribution is -2.05. The lowest BCUT2D eigenvalue weighted by molar-refractivity contribution is 0.0601. The molecular weight excluding hydrogens is 360 g/mol. The lowest BCUT2D eigenvalue weighted by Gasteiger charge is -2.23. The standard InChI is InChI=1S/C25H24N2O2/c1-29-25(28)19-9-11-20-22(15-19)27-24(23(20)16-6-3-2-4-7-16)18-10-12-21-17(14-18)8-5-13-26-21/h5,8-16,27H,2-4,6-7H2,1H3. The minimum absolute atomic E-state index is 0.306. The first-order chi connectivity index (χ1) is 14.2. The van der Waals surface area contributed by atoms with E-state index in [1.165, 1.54) is 61.4 Å². The molecular formula is C25H24N2O2. The highest BCUT2D eigenvalue weighted by atomic mass is 16.5. The highest BCUT2D eigenvalue weighted by Gasteiger charge is 2.24. The Hall–Kier alpha value is -3.14. The summed E-state index contributed by atoms with van der Waals surface area (Å²) in [5.74, 6) is 0.236. The monoisotopic (exact) mass is 384 g/mol. The van der Waals surface area contributed by atoms with Crippen molar-refractivity contribution in [2.75, 3.05) is 7.11 Å². The van der Waals surface area contributed by atoms with Crippen LogP contribution < -0.4 is 0 Å². The van der Waals surface area contributed by atoms with Crippen LogP contribution in [-0.4, -0.2) is 23.0 Å². The van der Waals surface area contributed by atoms with Crippen molar-refractivity contribution in [2.24, 2.45) is 0 Å². The van der Waals surface area contributed by atoms with Crippen LogP contribution in [0.3, 0.4) is 0 Å². The number of pyridine rings is 1. The Bertz CT molecular complexity index is 1200. The Balaban J connectivity index is 1.71. The van der Waals surface area contributed by atoms with Crippen molar-refractivity contribution in [3.63, 3.8) is 0 Å². The van der Waals surface area contributed by atoms with E-state index in [4.69, 9.17) is 4.74 Å². The molecule has 0 saturated heterocycles. The van der Waals surface area contributed by atoms with Gasteiger partial charge in [0.1, 0.15) is 0 Å². The van der Waals surface area contributed by atoms with Gasteiger partial charge in [-0.2, -0.15) is 0 Å². The Labute approximate surface area is 169 Å². The summed E-state index contributed by atoms with van der Waals surface area (Å²) >= 11 is 0. The normalized spacial score (nSPS) is 15.1. The molecule has 0 spiro atoms. The fraction of sp³-hybridized carbons (Fsp3) is 0.280. The maximum Gasteiger partial charge on any atom is 0.337 e. The predicted octanol–water partition coefficient (Wildman–Crippen LogP) is 6.22. The zero-order chi connectivity index (χ0) is 19.8. The number of esters is 1. The number of aromatic nitrogens is 2. The fourth-order valence-corrected chi connectivity index (χ4v) is 4.74. The minimum Gasteiger partial charge on any atom is -0.465 e. The van der Waals surface area contributed by atoms with Gasteiger partial charge in [0.15, 0.2) is 0 Å². The molecule has 5 rings (SSSR count). The zero-order valence-corrected chi connectivity index (χ0v) is 16.6. The Morgan fingerprint density at radius 2 is 1.93 bits per heavy atom. The number of methoxy groups -OCH3 is 1. The Kier molecular flexibility index (Phi) is 4.55. The van der Waals surface area contributed by atoms with Gasteiger partial charge in [0, 0.05) is 28.2 Å². The smallest absolute Gasteiger partial charge is 0.337 e. The van der Waals surface area contributed by atoms with Gasteiger partial charge in [0.2, 0.25) is 0 Å². The van der Waals surface area contributed by atoms with E-state index in [-0.39, 0.29) is 5.97 Å². The molecule has 0 aliphatic heterocycles. The maximum absolute atomic E-state index is 12.0. The Morgan fingerprint density at radius 1 is 1.07 bits per heavy atom. The molecule has 4 nitrogen and oxygen atoms in total. The number of carbonyl (C=O) groups excluding carboxylic acids is 1. The first-order valence-electron chi connectivity index (χ1n) is 10.3. The maximum atomic E-state index is 12.0. The summed E-state index contributed by atoms with van der Waals surface area (Å²) in [5, 5.41) is 2.35. The molecule has 1 N–H and O–H groups in total. The third-order valence-corrected chi connectivity index (χ3v) is 6.16. The van der Waals surface area contributed by atoms with E-state index >= 15 is 0 Å². The molecule has 2 aromatic heterocycles. The third-order valence-electron chi connectivity index (χ3n) is 6.16. The van der Waals surface area contributed by atoms with Gasteiger partial charge >= 0.3 is 5.97 Å². The van der Waals surface area contributed by atoms with Crippen molar-refractivity contribution >= 4 is 27.8 Å². The third kappa shape index (κ3) is 3.19. The second-order valence-electron chi connectivity index (χ2n) is 7.91. The van der Waals surface area contributed by atoms with E-state index in [1.807, 2.05) is 24.4 Å². The number of hydrogen-bond donors (Lipinski definition) is 1. The number of fused-ring (bicyclic) bond motifs is 2. The lowest BCUT2D eigenvalue weighted by atomic mass is 9.81. The number of ether oxygens (including phenoxy) is 1. The molecule has 1 aliphatic rings. The number of rotatable bonds is 3. The van der Waals surface area contributed by atoms with Crippen LogP contribution in [0.2, 0.25) is 0 Å². The molecule has 0 bridgehead atoms. The van der Waals surface area contributed by atoms with Crippen molar-refractivity contribution in [3.8, 4) is 11.3 Å². The van der Waals surface area contributed by atoms with E-state index in [2.05, 4.69) is 40.3 Å². The fourth-order valence-electron chi connectivity index (χ4n) is 4.74. The van der Waals surface area contributed by atoms with Crippen LogP contribution in [0.4, 0.5) is 0 Å². The summed E-state index contributed by atoms with van der Waals surface area (Å²) in [4.78, 5) is 20.1. The highest BCUT2D eigenvalue weighted by Crippen LogP contribution is 2.42. The van der Waals surface area contributed by atoms with Gasteiger partial charge in [-0.25, -0.2) is 4.79 Å². The molecule has 29 heavy (non-hydrogen) atoms. The average Bonchev–Trinajstić information content (AvgIpc) is 3.17. The number of hydrogen-bond acceptors (Lipinski definition) is 3. The summed E-state index contributed by atoms with van der Waals surface area (Å²) in [6, 6.07) is 16.4. The number of H-pyrrole nitrogens is 1. The number of nitrogens with zero attached hydrogens (tertiary/aromatic N) is 1. The van der Waals surface area contributed by atoms with Crippen LogP contribution in [0, 0.1) is 0 Å². The van der Waals surface area contributed by atoms with Crippen molar-refractivity contribution in [3.05, 3.63) is 65.9 Å². The number of carbonyl (C=O) groups is 1. The molecule has 0 amide bonds. The molecule has 0 atom stereocenters. The number of benzene rings is 2. The van der Waals surface area contributed by atoms with Gasteiger partial charge in [0.05, 0.1) is 18.2 Å². The molecule has 1 saturated carbocycles. The van der Waals surface area contributed by atoms with Crippen molar-refractivity contribution in [1.82, 2.24) is 9.97 Å². The van der Waals surface area contributed by atoms with Crippen LogP contribution in [-0.2, 0) is 4.74 Å². The highest BCUT2D eigenvalue weighted by molar-refractivity contribution is 5.98. The van der Waals surface area contributed by atoms with E-state index in [0.29, 0.717) is 11.5 Å².